The van der Waals surface area contributed by atoms with E-state index in [0.29, 0.717) is 32.1 Å². The third kappa shape index (κ3) is 31.3. The zero-order valence-electron chi connectivity index (χ0n) is 38.1. The minimum absolute atomic E-state index is 0.0210. The van der Waals surface area contributed by atoms with Gasteiger partial charge in [-0.25, -0.2) is 4.57 Å². The molecule has 0 saturated heterocycles. The van der Waals surface area contributed by atoms with Gasteiger partial charge in [-0.1, -0.05) is 132 Å². The third-order valence-corrected chi connectivity index (χ3v) is 11.6. The molecule has 7 atom stereocenters. The lowest BCUT2D eigenvalue weighted by Gasteiger charge is -2.20. The number of carboxylic acids is 1. The van der Waals surface area contributed by atoms with Crippen LogP contribution in [0, 0.1) is 11.8 Å². The van der Waals surface area contributed by atoms with Crippen LogP contribution in [0.25, 0.3) is 0 Å². The second kappa shape index (κ2) is 37.0. The number of hydrogen-bond acceptors (Lipinski definition) is 12. The number of phosphoric ester groups is 1. The number of phosphoric acid groups is 1. The lowest BCUT2D eigenvalue weighted by molar-refractivity contribution is -0.161. The number of Topliss-reactive ketones (excluding diaryl/α,β-unsaturated/α-hetero) is 1. The van der Waals surface area contributed by atoms with Crippen molar-refractivity contribution >= 4 is 31.5 Å². The molecule has 14 nitrogen and oxygen atoms in total. The van der Waals surface area contributed by atoms with Crippen molar-refractivity contribution in [1.29, 1.82) is 0 Å². The third-order valence-electron chi connectivity index (χ3n) is 10.6. The fraction of sp³-hybridized carbons (Fsp3) is 0.708. The van der Waals surface area contributed by atoms with Crippen LogP contribution in [0.4, 0.5) is 0 Å². The van der Waals surface area contributed by atoms with Crippen LogP contribution in [0.2, 0.25) is 0 Å². The molecule has 0 aromatic heterocycles. The summed E-state index contributed by atoms with van der Waals surface area (Å²) in [5.41, 5.74) is 5.33. The van der Waals surface area contributed by atoms with Crippen molar-refractivity contribution in [3.05, 3.63) is 60.8 Å². The first-order valence-corrected chi connectivity index (χ1v) is 24.9. The van der Waals surface area contributed by atoms with Gasteiger partial charge in [-0.15, -0.1) is 0 Å². The predicted molar refractivity (Wildman–Crippen MR) is 245 cm³/mol. The molecule has 6 N–H and O–H groups in total. The molecule has 0 aliphatic heterocycles. The highest BCUT2D eigenvalue weighted by atomic mass is 31.2. The minimum atomic E-state index is -4.79. The summed E-state index contributed by atoms with van der Waals surface area (Å²) >= 11 is 0. The van der Waals surface area contributed by atoms with Gasteiger partial charge in [0.25, 0.3) is 0 Å². The van der Waals surface area contributed by atoms with Crippen molar-refractivity contribution < 1.29 is 62.5 Å². The summed E-state index contributed by atoms with van der Waals surface area (Å²) in [6.45, 7) is 2.40. The molecular formula is C48H80NO13P. The summed E-state index contributed by atoms with van der Waals surface area (Å²) in [6, 6.07) is -1.57. The number of ketones is 1. The molecule has 0 spiro atoms. The first-order valence-electron chi connectivity index (χ1n) is 23.4. The molecular weight excluding hydrogens is 829 g/mol. The average molecular weight is 910 g/mol. The molecule has 1 saturated carbocycles. The highest BCUT2D eigenvalue weighted by molar-refractivity contribution is 7.47. The number of hydrogen-bond donors (Lipinski definition) is 5. The number of unbranched alkanes of at least 4 members (excludes halogenated alkanes) is 11. The summed E-state index contributed by atoms with van der Waals surface area (Å²) in [4.78, 5) is 58.8. The quantitative estimate of drug-likeness (QED) is 0.0168. The van der Waals surface area contributed by atoms with Gasteiger partial charge < -0.3 is 35.4 Å². The van der Waals surface area contributed by atoms with Gasteiger partial charge in [0.1, 0.15) is 18.4 Å². The number of aliphatic hydroxyl groups excluding tert-OH is 2. The maximum Gasteiger partial charge on any atom is 0.472 e. The summed E-state index contributed by atoms with van der Waals surface area (Å²) in [7, 11) is -4.79. The zero-order valence-corrected chi connectivity index (χ0v) is 39.0. The Morgan fingerprint density at radius 1 is 0.746 bits per heavy atom. The van der Waals surface area contributed by atoms with E-state index in [-0.39, 0.29) is 31.0 Å². The molecule has 63 heavy (non-hydrogen) atoms. The predicted octanol–water partition coefficient (Wildman–Crippen LogP) is 9.32. The number of allylic oxidation sites excluding steroid dienone is 9. The van der Waals surface area contributed by atoms with E-state index in [4.69, 9.17) is 24.8 Å². The van der Waals surface area contributed by atoms with E-state index in [1.54, 1.807) is 12.2 Å². The maximum absolute atomic E-state index is 12.7. The lowest BCUT2D eigenvalue weighted by atomic mass is 9.88. The number of nitrogens with two attached hydrogens (primary N) is 1. The van der Waals surface area contributed by atoms with Crippen LogP contribution in [-0.4, -0.2) is 88.1 Å². The van der Waals surface area contributed by atoms with Gasteiger partial charge in [-0.3, -0.25) is 28.2 Å². The number of carbonyl (C=O) groups excluding carboxylic acids is 3. The minimum Gasteiger partial charge on any atom is -0.480 e. The number of ether oxygens (including phenoxy) is 2. The summed E-state index contributed by atoms with van der Waals surface area (Å²) in [5, 5.41) is 29.7. The molecule has 0 aromatic rings. The Morgan fingerprint density at radius 3 is 1.90 bits per heavy atom. The molecule has 0 amide bonds. The molecule has 1 aliphatic carbocycles. The van der Waals surface area contributed by atoms with Gasteiger partial charge in [0.15, 0.2) is 6.10 Å². The fourth-order valence-electron chi connectivity index (χ4n) is 6.89. The van der Waals surface area contributed by atoms with Crippen LogP contribution in [0.3, 0.4) is 0 Å². The first kappa shape index (κ1) is 57.8. The second-order valence-corrected chi connectivity index (χ2v) is 17.8. The van der Waals surface area contributed by atoms with Crippen LogP contribution < -0.4 is 5.73 Å². The lowest BCUT2D eigenvalue weighted by Crippen LogP contribution is -2.34. The van der Waals surface area contributed by atoms with E-state index >= 15 is 0 Å². The standard InChI is InChI=1S/C48H80NO13P/c1-3-5-7-8-9-10-11-12-13-14-15-16-17-18-19-20-21-22-28-32-47(54)62-40(37-60-63(57,58)61-38-43(49)48(55)56)36-59-46(53)31-27-24-23-26-30-41-42(45(52)35-44(41)51)34-33-39(50)29-25-6-4-2/h9-10,12-13,15-16,18-19,33-34,39-44,50-51H,3-8,11,14,17,20-32,35-38,49H2,1-2H3,(H,55,56)(H,57,58)/b10-9-,13-12-,16-15-,19-18-,34-33+/t39-,40+,41+,42+,43-,44-/m0/s1. The van der Waals surface area contributed by atoms with Crippen LogP contribution in [-0.2, 0) is 42.3 Å². The normalized spacial score (nSPS) is 19.5. The van der Waals surface area contributed by atoms with Gasteiger partial charge in [0, 0.05) is 25.2 Å². The molecule has 1 unspecified atom stereocenters. The first-order chi connectivity index (χ1) is 30.3. The number of carbonyl (C=O) groups is 4. The molecule has 0 aromatic carbocycles. The number of aliphatic carboxylic acids is 1. The van der Waals surface area contributed by atoms with Gasteiger partial charge in [0.05, 0.1) is 25.4 Å². The Balaban J connectivity index is 2.47. The highest BCUT2D eigenvalue weighted by Gasteiger charge is 2.39. The number of esters is 2. The summed E-state index contributed by atoms with van der Waals surface area (Å²) < 4.78 is 32.7. The van der Waals surface area contributed by atoms with Gasteiger partial charge in [-0.2, -0.15) is 0 Å². The Bertz CT molecular complexity index is 1460. The van der Waals surface area contributed by atoms with E-state index in [1.807, 2.05) is 0 Å². The maximum atomic E-state index is 12.7. The Kier molecular flexibility index (Phi) is 34.0. The van der Waals surface area contributed by atoms with Crippen molar-refractivity contribution in [3.8, 4) is 0 Å². The summed E-state index contributed by atoms with van der Waals surface area (Å²) in [6.07, 6.45) is 36.2. The fourth-order valence-corrected chi connectivity index (χ4v) is 7.67. The van der Waals surface area contributed by atoms with Crippen LogP contribution in [0.5, 0.6) is 0 Å². The molecule has 0 bridgehead atoms. The number of aliphatic hydroxyl groups is 2. The smallest absolute Gasteiger partial charge is 0.472 e. The van der Waals surface area contributed by atoms with E-state index in [2.05, 4.69) is 67.0 Å². The van der Waals surface area contributed by atoms with E-state index < -0.39 is 75.8 Å². The molecule has 1 aliphatic rings. The van der Waals surface area contributed by atoms with Gasteiger partial charge >= 0.3 is 25.7 Å². The molecule has 0 radical (unpaired) electrons. The SMILES string of the molecule is CCCCC/C=C\C/C=C\C/C=C\C/C=C\CCCCCC(=O)O[C@H](COC(=O)CCCCCC[C@H]1[C@@H](O)CC(=O)[C@@H]1/C=C/[C@@H](O)CCCCC)COP(=O)(O)OC[C@H](N)C(=O)O. The molecule has 15 heteroatoms. The van der Waals surface area contributed by atoms with Crippen molar-refractivity contribution in [2.45, 2.75) is 186 Å². The zero-order chi connectivity index (χ0) is 46.6. The van der Waals surface area contributed by atoms with E-state index in [9.17, 15) is 38.8 Å². The van der Waals surface area contributed by atoms with Crippen molar-refractivity contribution in [3.63, 3.8) is 0 Å². The van der Waals surface area contributed by atoms with Gasteiger partial charge in [-0.05, 0) is 76.5 Å². The van der Waals surface area contributed by atoms with Gasteiger partial charge in [0.2, 0.25) is 0 Å². The monoisotopic (exact) mass is 910 g/mol. The second-order valence-electron chi connectivity index (χ2n) is 16.3. The molecule has 1 fully saturated rings. The van der Waals surface area contributed by atoms with Crippen LogP contribution in [0.15, 0.2) is 60.8 Å². The molecule has 0 heterocycles. The Hall–Kier alpha value is -3.23. The summed E-state index contributed by atoms with van der Waals surface area (Å²) in [5.74, 6) is -3.27. The average Bonchev–Trinajstić information content (AvgIpc) is 3.52. The van der Waals surface area contributed by atoms with E-state index in [1.165, 1.54) is 19.3 Å². The number of rotatable bonds is 39. The van der Waals surface area contributed by atoms with Crippen LogP contribution >= 0.6 is 7.82 Å². The largest absolute Gasteiger partial charge is 0.480 e. The number of carboxylic acid groups (broad SMARTS) is 1. The molecule has 360 valence electrons. The van der Waals surface area contributed by atoms with Crippen LogP contribution in [0.1, 0.15) is 162 Å². The van der Waals surface area contributed by atoms with Crippen molar-refractivity contribution in [2.24, 2.45) is 17.6 Å². The Morgan fingerprint density at radius 2 is 1.29 bits per heavy atom. The molecule has 1 rings (SSSR count). The topological polar surface area (TPSA) is 229 Å². The Labute approximate surface area is 377 Å². The van der Waals surface area contributed by atoms with Crippen molar-refractivity contribution in [1.82, 2.24) is 0 Å². The van der Waals surface area contributed by atoms with Crippen molar-refractivity contribution in [2.75, 3.05) is 19.8 Å². The van der Waals surface area contributed by atoms with E-state index in [0.717, 1.165) is 77.0 Å². The highest BCUT2D eigenvalue weighted by Crippen LogP contribution is 2.43.